The van der Waals surface area contributed by atoms with Crippen molar-refractivity contribution in [2.75, 3.05) is 30.2 Å². The summed E-state index contributed by atoms with van der Waals surface area (Å²) in [4.78, 5) is 35.3. The molecule has 0 bridgehead atoms. The predicted molar refractivity (Wildman–Crippen MR) is 97.6 cm³/mol. The summed E-state index contributed by atoms with van der Waals surface area (Å²) < 4.78 is 10.3. The molecule has 3 N–H and O–H groups in total. The number of rotatable bonds is 5. The molecule has 2 rings (SSSR count). The molecule has 0 atom stereocenters. The van der Waals surface area contributed by atoms with Gasteiger partial charge in [0.15, 0.2) is 0 Å². The number of ether oxygens (including phenoxy) is 2. The summed E-state index contributed by atoms with van der Waals surface area (Å²) in [6.45, 7) is 1.38. The summed E-state index contributed by atoms with van der Waals surface area (Å²) in [6.07, 6.45) is 0. The Balaban J connectivity index is 2.06. The molecule has 0 spiro atoms. The minimum absolute atomic E-state index is 0.238. The van der Waals surface area contributed by atoms with E-state index in [-0.39, 0.29) is 5.91 Å². The number of anilines is 3. The Kier molecular flexibility index (Phi) is 6.15. The van der Waals surface area contributed by atoms with Crippen LogP contribution in [-0.2, 0) is 14.4 Å². The van der Waals surface area contributed by atoms with E-state index in [9.17, 15) is 14.4 Å². The van der Waals surface area contributed by atoms with E-state index in [1.807, 2.05) is 0 Å². The summed E-state index contributed by atoms with van der Waals surface area (Å²) in [5, 5.41) is 7.54. The van der Waals surface area contributed by atoms with Gasteiger partial charge in [-0.1, -0.05) is 6.07 Å². The fourth-order valence-electron chi connectivity index (χ4n) is 2.15. The first-order chi connectivity index (χ1) is 12.4. The molecule has 26 heavy (non-hydrogen) atoms. The summed E-state index contributed by atoms with van der Waals surface area (Å²) in [5.74, 6) is -1.05. The van der Waals surface area contributed by atoms with Crippen LogP contribution in [0.15, 0.2) is 42.5 Å². The maximum absolute atomic E-state index is 12.1. The minimum atomic E-state index is -0.863. The lowest BCUT2D eigenvalue weighted by atomic mass is 10.2. The van der Waals surface area contributed by atoms with Crippen LogP contribution in [0.5, 0.6) is 11.5 Å². The summed E-state index contributed by atoms with van der Waals surface area (Å²) in [6, 6.07) is 11.2. The molecule has 8 heteroatoms. The molecule has 0 heterocycles. The third-order valence-corrected chi connectivity index (χ3v) is 3.30. The van der Waals surface area contributed by atoms with E-state index in [0.717, 1.165) is 0 Å². The van der Waals surface area contributed by atoms with E-state index in [1.54, 1.807) is 42.5 Å². The minimum Gasteiger partial charge on any atom is -0.497 e. The van der Waals surface area contributed by atoms with E-state index in [4.69, 9.17) is 9.47 Å². The predicted octanol–water partition coefficient (Wildman–Crippen LogP) is 2.24. The maximum atomic E-state index is 12.1. The smallest absolute Gasteiger partial charge is 0.314 e. The Hall–Kier alpha value is -3.55. The van der Waals surface area contributed by atoms with Gasteiger partial charge in [0.2, 0.25) is 5.91 Å². The second-order valence-corrected chi connectivity index (χ2v) is 5.24. The van der Waals surface area contributed by atoms with Gasteiger partial charge < -0.3 is 25.4 Å². The van der Waals surface area contributed by atoms with Crippen molar-refractivity contribution in [1.29, 1.82) is 0 Å². The summed E-state index contributed by atoms with van der Waals surface area (Å²) in [5.41, 5.74) is 1.21. The van der Waals surface area contributed by atoms with Crippen molar-refractivity contribution in [3.8, 4) is 11.5 Å². The van der Waals surface area contributed by atoms with Crippen LogP contribution in [0.1, 0.15) is 6.92 Å². The van der Waals surface area contributed by atoms with Gasteiger partial charge in [0.1, 0.15) is 11.5 Å². The maximum Gasteiger partial charge on any atom is 0.314 e. The quantitative estimate of drug-likeness (QED) is 0.712. The van der Waals surface area contributed by atoms with E-state index in [1.165, 1.54) is 21.1 Å². The molecule has 0 unspecified atom stereocenters. The Bertz CT molecular complexity index is 835. The average molecular weight is 357 g/mol. The third-order valence-electron chi connectivity index (χ3n) is 3.30. The average Bonchev–Trinajstić information content (AvgIpc) is 2.61. The fourth-order valence-corrected chi connectivity index (χ4v) is 2.15. The molecule has 0 saturated heterocycles. The van der Waals surface area contributed by atoms with Gasteiger partial charge in [0, 0.05) is 24.4 Å². The van der Waals surface area contributed by atoms with E-state index in [0.29, 0.717) is 28.6 Å². The number of carbonyl (C=O) groups excluding carboxylic acids is 3. The molecule has 0 fully saturated rings. The van der Waals surface area contributed by atoms with Crippen LogP contribution >= 0.6 is 0 Å². The molecule has 2 aromatic rings. The lowest BCUT2D eigenvalue weighted by Gasteiger charge is -2.12. The first-order valence-electron chi connectivity index (χ1n) is 7.65. The molecule has 136 valence electrons. The van der Waals surface area contributed by atoms with E-state index >= 15 is 0 Å². The summed E-state index contributed by atoms with van der Waals surface area (Å²) in [7, 11) is 2.95. The van der Waals surface area contributed by atoms with Crippen molar-refractivity contribution in [1.82, 2.24) is 0 Å². The van der Waals surface area contributed by atoms with Crippen LogP contribution in [0.25, 0.3) is 0 Å². The number of hydrogen-bond donors (Lipinski definition) is 3. The standard InChI is InChI=1S/C18H19N3O5/c1-11(22)19-12-5-4-6-13(9-12)20-17(23)18(24)21-15-8-7-14(25-2)10-16(15)26-3/h4-10H,1-3H3,(H,19,22)(H,20,23)(H,21,24). The van der Waals surface area contributed by atoms with Gasteiger partial charge in [-0.3, -0.25) is 14.4 Å². The van der Waals surface area contributed by atoms with Gasteiger partial charge in [-0.25, -0.2) is 0 Å². The Morgan fingerprint density at radius 2 is 1.46 bits per heavy atom. The molecular weight excluding hydrogens is 338 g/mol. The highest BCUT2D eigenvalue weighted by molar-refractivity contribution is 6.43. The SMILES string of the molecule is COc1ccc(NC(=O)C(=O)Nc2cccc(NC(C)=O)c2)c(OC)c1. The lowest BCUT2D eigenvalue weighted by Crippen LogP contribution is -2.29. The van der Waals surface area contributed by atoms with Crippen LogP contribution in [0, 0.1) is 0 Å². The number of hydrogen-bond acceptors (Lipinski definition) is 5. The zero-order valence-electron chi connectivity index (χ0n) is 14.6. The Labute approximate surface area is 150 Å². The highest BCUT2D eigenvalue weighted by Gasteiger charge is 2.16. The Morgan fingerprint density at radius 1 is 0.808 bits per heavy atom. The van der Waals surface area contributed by atoms with Crippen molar-refractivity contribution in [2.24, 2.45) is 0 Å². The number of carbonyl (C=O) groups is 3. The molecule has 8 nitrogen and oxygen atoms in total. The molecule has 0 aliphatic heterocycles. The third kappa shape index (κ3) is 4.97. The van der Waals surface area contributed by atoms with Gasteiger partial charge in [-0.2, -0.15) is 0 Å². The Morgan fingerprint density at radius 3 is 2.08 bits per heavy atom. The van der Waals surface area contributed by atoms with Gasteiger partial charge >= 0.3 is 11.8 Å². The molecule has 0 aliphatic rings. The van der Waals surface area contributed by atoms with Gasteiger partial charge in [-0.15, -0.1) is 0 Å². The number of methoxy groups -OCH3 is 2. The number of nitrogens with one attached hydrogen (secondary N) is 3. The van der Waals surface area contributed by atoms with Crippen molar-refractivity contribution in [3.05, 3.63) is 42.5 Å². The van der Waals surface area contributed by atoms with Crippen molar-refractivity contribution in [3.63, 3.8) is 0 Å². The second-order valence-electron chi connectivity index (χ2n) is 5.24. The first-order valence-corrected chi connectivity index (χ1v) is 7.65. The van der Waals surface area contributed by atoms with Crippen LogP contribution in [-0.4, -0.2) is 31.9 Å². The van der Waals surface area contributed by atoms with Crippen molar-refractivity contribution in [2.45, 2.75) is 6.92 Å². The highest BCUT2D eigenvalue weighted by atomic mass is 16.5. The van der Waals surface area contributed by atoms with Gasteiger partial charge in [0.25, 0.3) is 0 Å². The van der Waals surface area contributed by atoms with Crippen LogP contribution in [0.4, 0.5) is 17.1 Å². The number of amides is 3. The first kappa shape index (κ1) is 18.8. The molecular formula is C18H19N3O5. The second kappa shape index (κ2) is 8.52. The molecule has 0 aliphatic carbocycles. The van der Waals surface area contributed by atoms with E-state index in [2.05, 4.69) is 16.0 Å². The highest BCUT2D eigenvalue weighted by Crippen LogP contribution is 2.29. The van der Waals surface area contributed by atoms with Crippen LogP contribution in [0.3, 0.4) is 0 Å². The lowest BCUT2D eigenvalue weighted by molar-refractivity contribution is -0.133. The molecule has 0 radical (unpaired) electrons. The van der Waals surface area contributed by atoms with Crippen molar-refractivity contribution < 1.29 is 23.9 Å². The normalized spacial score (nSPS) is 9.81. The zero-order valence-corrected chi connectivity index (χ0v) is 14.6. The fraction of sp³-hybridized carbons (Fsp3) is 0.167. The summed E-state index contributed by atoms with van der Waals surface area (Å²) >= 11 is 0. The van der Waals surface area contributed by atoms with Gasteiger partial charge in [-0.05, 0) is 30.3 Å². The van der Waals surface area contributed by atoms with Crippen LogP contribution < -0.4 is 25.4 Å². The van der Waals surface area contributed by atoms with Crippen molar-refractivity contribution >= 4 is 34.8 Å². The molecule has 2 aromatic carbocycles. The van der Waals surface area contributed by atoms with E-state index < -0.39 is 11.8 Å². The largest absolute Gasteiger partial charge is 0.497 e. The molecule has 0 aromatic heterocycles. The number of benzene rings is 2. The van der Waals surface area contributed by atoms with Gasteiger partial charge in [0.05, 0.1) is 19.9 Å². The zero-order chi connectivity index (χ0) is 19.1. The van der Waals surface area contributed by atoms with Crippen LogP contribution in [0.2, 0.25) is 0 Å². The molecule has 3 amide bonds. The topological polar surface area (TPSA) is 106 Å². The molecule has 0 saturated carbocycles. The monoisotopic (exact) mass is 357 g/mol.